The minimum atomic E-state index is -4.36. The fourth-order valence-electron chi connectivity index (χ4n) is 5.75. The lowest BCUT2D eigenvalue weighted by atomic mass is 10.0. The maximum absolute atomic E-state index is 14.6. The molecule has 5 rings (SSSR count). The molecule has 1 saturated carbocycles. The van der Waals surface area contributed by atoms with E-state index < -0.39 is 34.3 Å². The van der Waals surface area contributed by atoms with E-state index in [1.807, 2.05) is 37.3 Å². The van der Waals surface area contributed by atoms with Crippen LogP contribution in [0, 0.1) is 12.7 Å². The van der Waals surface area contributed by atoms with Crippen LogP contribution in [0.25, 0.3) is 0 Å². The molecule has 0 radical (unpaired) electrons. The molecular formula is C36H36Cl2FN3O4S. The first-order valence-electron chi connectivity index (χ1n) is 15.4. The van der Waals surface area contributed by atoms with E-state index in [2.05, 4.69) is 5.32 Å². The van der Waals surface area contributed by atoms with Crippen molar-refractivity contribution in [1.82, 2.24) is 10.2 Å². The Balaban J connectivity index is 1.59. The minimum Gasteiger partial charge on any atom is -0.352 e. The highest BCUT2D eigenvalue weighted by atomic mass is 35.5. The quantitative estimate of drug-likeness (QED) is 0.168. The molecule has 0 aliphatic heterocycles. The Labute approximate surface area is 285 Å². The lowest BCUT2D eigenvalue weighted by Crippen LogP contribution is -2.54. The van der Waals surface area contributed by atoms with E-state index >= 15 is 0 Å². The number of carbonyl (C=O) groups is 2. The molecule has 1 fully saturated rings. The third kappa shape index (κ3) is 8.52. The molecule has 0 saturated heterocycles. The zero-order valence-corrected chi connectivity index (χ0v) is 28.2. The first-order valence-corrected chi connectivity index (χ1v) is 17.6. The predicted octanol–water partition coefficient (Wildman–Crippen LogP) is 7.34. The number of sulfonamides is 1. The van der Waals surface area contributed by atoms with Gasteiger partial charge in [0.25, 0.3) is 10.0 Å². The van der Waals surface area contributed by atoms with Crippen LogP contribution < -0.4 is 9.62 Å². The summed E-state index contributed by atoms with van der Waals surface area (Å²) >= 11 is 13.2. The van der Waals surface area contributed by atoms with Crippen LogP contribution >= 0.6 is 23.2 Å². The van der Waals surface area contributed by atoms with Gasteiger partial charge in [0.05, 0.1) is 10.6 Å². The van der Waals surface area contributed by atoms with Crippen molar-refractivity contribution in [3.05, 3.63) is 130 Å². The van der Waals surface area contributed by atoms with Crippen LogP contribution in [-0.4, -0.2) is 43.8 Å². The van der Waals surface area contributed by atoms with Gasteiger partial charge in [-0.05, 0) is 73.9 Å². The van der Waals surface area contributed by atoms with Gasteiger partial charge in [0.1, 0.15) is 18.4 Å². The summed E-state index contributed by atoms with van der Waals surface area (Å²) < 4.78 is 43.0. The van der Waals surface area contributed by atoms with E-state index in [0.717, 1.165) is 65.4 Å². The number of carbonyl (C=O) groups excluding carboxylic acids is 2. The molecule has 4 aromatic rings. The average molecular weight is 697 g/mol. The van der Waals surface area contributed by atoms with E-state index in [0.29, 0.717) is 15.6 Å². The molecule has 0 bridgehead atoms. The van der Waals surface area contributed by atoms with Gasteiger partial charge in [-0.3, -0.25) is 13.9 Å². The van der Waals surface area contributed by atoms with E-state index in [-0.39, 0.29) is 35.5 Å². The summed E-state index contributed by atoms with van der Waals surface area (Å²) in [6.45, 7) is 1.07. The minimum absolute atomic E-state index is 0.0236. The fraction of sp³-hybridized carbons (Fsp3) is 0.278. The molecule has 7 nitrogen and oxygen atoms in total. The number of aryl methyl sites for hydroxylation is 1. The molecule has 47 heavy (non-hydrogen) atoms. The summed E-state index contributed by atoms with van der Waals surface area (Å²) in [6.07, 6.45) is 3.84. The highest BCUT2D eigenvalue weighted by Crippen LogP contribution is 2.29. The molecule has 0 aromatic heterocycles. The zero-order valence-electron chi connectivity index (χ0n) is 25.9. The van der Waals surface area contributed by atoms with Crippen LogP contribution in [0.4, 0.5) is 10.1 Å². The van der Waals surface area contributed by atoms with Gasteiger partial charge in [0, 0.05) is 34.6 Å². The van der Waals surface area contributed by atoms with Crippen molar-refractivity contribution in [2.75, 3.05) is 10.8 Å². The standard InChI is InChI=1S/C36H36Cl2FN3O4S/c1-25-14-18-29(19-15-25)42(47(45,46)30-20-16-27(39)17-21-30)24-35(43)41(23-31-32(37)12-7-13-33(31)38)34(22-26-8-3-2-4-9-26)36(44)40-28-10-5-6-11-28/h2-4,7-9,12-21,28,34H,5-6,10-11,22-24H2,1H3,(H,40,44). The Bertz CT molecular complexity index is 1780. The van der Waals surface area contributed by atoms with Crippen LogP contribution in [0.15, 0.2) is 102 Å². The number of hydrogen-bond donors (Lipinski definition) is 1. The van der Waals surface area contributed by atoms with Gasteiger partial charge in [-0.15, -0.1) is 0 Å². The normalized spacial score (nSPS) is 14.0. The van der Waals surface area contributed by atoms with Crippen LogP contribution in [0.2, 0.25) is 10.0 Å². The molecule has 1 aliphatic rings. The highest BCUT2D eigenvalue weighted by Gasteiger charge is 2.36. The van der Waals surface area contributed by atoms with Crippen molar-refractivity contribution in [1.29, 1.82) is 0 Å². The lowest BCUT2D eigenvalue weighted by Gasteiger charge is -2.34. The molecular weight excluding hydrogens is 660 g/mol. The summed E-state index contributed by atoms with van der Waals surface area (Å²) in [5, 5.41) is 3.75. The summed E-state index contributed by atoms with van der Waals surface area (Å²) in [6, 6.07) is 24.4. The predicted molar refractivity (Wildman–Crippen MR) is 183 cm³/mol. The number of amides is 2. The van der Waals surface area contributed by atoms with Gasteiger partial charge in [-0.2, -0.15) is 0 Å². The van der Waals surface area contributed by atoms with Crippen LogP contribution in [0.1, 0.15) is 42.4 Å². The zero-order chi connectivity index (χ0) is 33.6. The van der Waals surface area contributed by atoms with E-state index in [1.54, 1.807) is 42.5 Å². The van der Waals surface area contributed by atoms with Gasteiger partial charge in [-0.1, -0.05) is 90.1 Å². The van der Waals surface area contributed by atoms with Crippen molar-refractivity contribution < 1.29 is 22.4 Å². The number of hydrogen-bond acceptors (Lipinski definition) is 4. The molecule has 1 N–H and O–H groups in total. The fourth-order valence-corrected chi connectivity index (χ4v) is 7.68. The summed E-state index contributed by atoms with van der Waals surface area (Å²) in [7, 11) is -4.36. The topological polar surface area (TPSA) is 86.8 Å². The SMILES string of the molecule is Cc1ccc(N(CC(=O)N(Cc2c(Cl)cccc2Cl)C(Cc2ccccc2)C(=O)NC2CCCC2)S(=O)(=O)c2ccc(F)cc2)cc1. The van der Waals surface area contributed by atoms with Crippen molar-refractivity contribution >= 4 is 50.7 Å². The number of rotatable bonds is 12. The molecule has 1 atom stereocenters. The van der Waals surface area contributed by atoms with Gasteiger partial charge >= 0.3 is 0 Å². The average Bonchev–Trinajstić information content (AvgIpc) is 3.57. The van der Waals surface area contributed by atoms with Crippen molar-refractivity contribution in [3.8, 4) is 0 Å². The number of benzene rings is 4. The number of halogens is 3. The molecule has 11 heteroatoms. The van der Waals surface area contributed by atoms with Gasteiger partial charge in [0.2, 0.25) is 11.8 Å². The second-order valence-electron chi connectivity index (χ2n) is 11.7. The number of nitrogens with one attached hydrogen (secondary N) is 1. The Morgan fingerprint density at radius 3 is 2.11 bits per heavy atom. The maximum atomic E-state index is 14.6. The van der Waals surface area contributed by atoms with E-state index in [4.69, 9.17) is 23.2 Å². The summed E-state index contributed by atoms with van der Waals surface area (Å²) in [5.74, 6) is -1.59. The lowest BCUT2D eigenvalue weighted by molar-refractivity contribution is -0.140. The monoisotopic (exact) mass is 695 g/mol. The third-order valence-electron chi connectivity index (χ3n) is 8.37. The Hall–Kier alpha value is -3.92. The van der Waals surface area contributed by atoms with E-state index in [1.165, 1.54) is 4.90 Å². The summed E-state index contributed by atoms with van der Waals surface area (Å²) in [5.41, 5.74) is 2.37. The van der Waals surface area contributed by atoms with Gasteiger partial charge in [-0.25, -0.2) is 12.8 Å². The van der Waals surface area contributed by atoms with Gasteiger partial charge < -0.3 is 10.2 Å². The highest BCUT2D eigenvalue weighted by molar-refractivity contribution is 7.92. The smallest absolute Gasteiger partial charge is 0.264 e. The van der Waals surface area contributed by atoms with Crippen molar-refractivity contribution in [2.24, 2.45) is 0 Å². The van der Waals surface area contributed by atoms with E-state index in [9.17, 15) is 22.4 Å². The second kappa shape index (κ2) is 15.3. The van der Waals surface area contributed by atoms with Crippen molar-refractivity contribution in [2.45, 2.75) is 62.6 Å². The Morgan fingerprint density at radius 1 is 0.872 bits per heavy atom. The Morgan fingerprint density at radius 2 is 1.49 bits per heavy atom. The molecule has 1 unspecified atom stereocenters. The number of nitrogens with zero attached hydrogens (tertiary/aromatic N) is 2. The molecule has 4 aromatic carbocycles. The van der Waals surface area contributed by atoms with Gasteiger partial charge in [0.15, 0.2) is 0 Å². The number of anilines is 1. The van der Waals surface area contributed by atoms with Crippen molar-refractivity contribution in [3.63, 3.8) is 0 Å². The van der Waals surface area contributed by atoms with Crippen LogP contribution in [0.3, 0.4) is 0 Å². The molecule has 1 aliphatic carbocycles. The molecule has 2 amide bonds. The molecule has 0 heterocycles. The summed E-state index contributed by atoms with van der Waals surface area (Å²) in [4.78, 5) is 29.9. The van der Waals surface area contributed by atoms with Crippen LogP contribution in [-0.2, 0) is 32.6 Å². The maximum Gasteiger partial charge on any atom is 0.264 e. The largest absolute Gasteiger partial charge is 0.352 e. The second-order valence-corrected chi connectivity index (χ2v) is 14.4. The molecule has 246 valence electrons. The third-order valence-corrected chi connectivity index (χ3v) is 10.9. The molecule has 0 spiro atoms. The first kappa shape index (κ1) is 34.4. The first-order chi connectivity index (χ1) is 22.5. The Kier molecular flexibility index (Phi) is 11.2. The van der Waals surface area contributed by atoms with Crippen LogP contribution in [0.5, 0.6) is 0 Å².